The van der Waals surface area contributed by atoms with Crippen molar-refractivity contribution < 1.29 is 14.3 Å². The Morgan fingerprint density at radius 3 is 2.66 bits per heavy atom. The Morgan fingerprint density at radius 2 is 2.00 bits per heavy atom. The van der Waals surface area contributed by atoms with Gasteiger partial charge in [0, 0.05) is 36.4 Å². The van der Waals surface area contributed by atoms with Gasteiger partial charge in [0.25, 0.3) is 5.56 Å². The topological polar surface area (TPSA) is 108 Å². The second-order valence-electron chi connectivity index (χ2n) is 9.83. The average molecular weight is 442 g/mol. The number of nitrogens with one attached hydrogen (secondary N) is 2. The molecule has 2 bridgehead atoms. The first-order chi connectivity index (χ1) is 15.2. The number of piperidine rings is 1. The van der Waals surface area contributed by atoms with Crippen LogP contribution in [-0.2, 0) is 14.3 Å². The fraction of sp³-hybridized carbons (Fsp3) is 0.652. The van der Waals surface area contributed by atoms with E-state index < -0.39 is 17.4 Å². The van der Waals surface area contributed by atoms with E-state index in [0.717, 1.165) is 18.5 Å². The van der Waals surface area contributed by atoms with Crippen molar-refractivity contribution in [1.82, 2.24) is 20.2 Å². The summed E-state index contributed by atoms with van der Waals surface area (Å²) in [5.74, 6) is -0.411. The molecule has 1 aromatic rings. The molecule has 0 aliphatic carbocycles. The fourth-order valence-electron chi connectivity index (χ4n) is 5.58. The van der Waals surface area contributed by atoms with Gasteiger partial charge in [-0.1, -0.05) is 12.2 Å². The number of H-pyrrole nitrogens is 1. The summed E-state index contributed by atoms with van der Waals surface area (Å²) in [5, 5.41) is 3.18. The molecule has 2 amide bonds. The highest BCUT2D eigenvalue weighted by Crippen LogP contribution is 2.52. The standard InChI is InChI=1S/C23H31N5O4/c1-12(2)28-11-23-8-5-16(32-23)17(18(23)21(28)31)20(30)25-15-6-9-27(10-7-15)22-24-14(4)13(3)19(29)26-22/h5,8,12,15-18H,6-7,9-11H2,1-4H3,(H,25,30)(H,24,26,29). The molecule has 4 atom stereocenters. The van der Waals surface area contributed by atoms with Crippen molar-refractivity contribution in [3.8, 4) is 0 Å². The summed E-state index contributed by atoms with van der Waals surface area (Å²) in [6.45, 7) is 9.48. The minimum Gasteiger partial charge on any atom is -0.360 e. The molecule has 5 rings (SSSR count). The molecule has 172 valence electrons. The van der Waals surface area contributed by atoms with E-state index in [4.69, 9.17) is 4.74 Å². The van der Waals surface area contributed by atoms with Crippen molar-refractivity contribution in [2.24, 2.45) is 11.8 Å². The first-order valence-electron chi connectivity index (χ1n) is 11.5. The second-order valence-corrected chi connectivity index (χ2v) is 9.83. The predicted octanol–water partition coefficient (Wildman–Crippen LogP) is 0.662. The molecule has 5 heterocycles. The zero-order chi connectivity index (χ0) is 22.8. The highest BCUT2D eigenvalue weighted by molar-refractivity contribution is 5.93. The van der Waals surface area contributed by atoms with Crippen LogP contribution in [0.4, 0.5) is 5.95 Å². The number of rotatable bonds is 4. The summed E-state index contributed by atoms with van der Waals surface area (Å²) in [5.41, 5.74) is 0.596. The zero-order valence-corrected chi connectivity index (χ0v) is 19.1. The number of anilines is 1. The van der Waals surface area contributed by atoms with Crippen molar-refractivity contribution in [3.63, 3.8) is 0 Å². The number of hydrogen-bond donors (Lipinski definition) is 2. The van der Waals surface area contributed by atoms with Gasteiger partial charge in [-0.15, -0.1) is 0 Å². The molecule has 0 radical (unpaired) electrons. The predicted molar refractivity (Wildman–Crippen MR) is 118 cm³/mol. The third-order valence-corrected chi connectivity index (χ3v) is 7.58. The van der Waals surface area contributed by atoms with Crippen LogP contribution < -0.4 is 15.8 Å². The summed E-state index contributed by atoms with van der Waals surface area (Å²) in [6.07, 6.45) is 5.10. The highest BCUT2D eigenvalue weighted by Gasteiger charge is 2.67. The van der Waals surface area contributed by atoms with E-state index in [2.05, 4.69) is 20.2 Å². The van der Waals surface area contributed by atoms with Crippen LogP contribution in [0.1, 0.15) is 37.9 Å². The lowest BCUT2D eigenvalue weighted by atomic mass is 9.76. The Labute approximate surface area is 187 Å². The second kappa shape index (κ2) is 7.43. The largest absolute Gasteiger partial charge is 0.360 e. The van der Waals surface area contributed by atoms with Gasteiger partial charge in [0.2, 0.25) is 17.8 Å². The number of carbonyl (C=O) groups excluding carboxylic acids is 2. The van der Waals surface area contributed by atoms with Crippen LogP contribution in [0.2, 0.25) is 0 Å². The number of likely N-dealkylation sites (tertiary alicyclic amines) is 1. The van der Waals surface area contributed by atoms with Crippen LogP contribution in [0, 0.1) is 25.7 Å². The lowest BCUT2D eigenvalue weighted by molar-refractivity contribution is -0.138. The van der Waals surface area contributed by atoms with Gasteiger partial charge in [0.1, 0.15) is 5.60 Å². The Bertz CT molecular complexity index is 1040. The fourth-order valence-corrected chi connectivity index (χ4v) is 5.58. The van der Waals surface area contributed by atoms with Gasteiger partial charge in [-0.2, -0.15) is 0 Å². The van der Waals surface area contributed by atoms with E-state index >= 15 is 0 Å². The quantitative estimate of drug-likeness (QED) is 0.665. The third-order valence-electron chi connectivity index (χ3n) is 7.58. The van der Waals surface area contributed by atoms with Crippen molar-refractivity contribution in [2.45, 2.75) is 64.3 Å². The molecule has 2 N–H and O–H groups in total. The number of fused-ring (bicyclic) bond motifs is 1. The Hall–Kier alpha value is -2.68. The number of carbonyl (C=O) groups is 2. The summed E-state index contributed by atoms with van der Waals surface area (Å²) in [6, 6.07) is 0.103. The normalized spacial score (nSPS) is 31.7. The number of amides is 2. The molecule has 9 heteroatoms. The van der Waals surface area contributed by atoms with Gasteiger partial charge < -0.3 is 19.9 Å². The lowest BCUT2D eigenvalue weighted by Crippen LogP contribution is -2.50. The monoisotopic (exact) mass is 441 g/mol. The van der Waals surface area contributed by atoms with Crippen LogP contribution in [0.25, 0.3) is 0 Å². The first kappa shape index (κ1) is 21.2. The van der Waals surface area contributed by atoms with Crippen LogP contribution in [0.5, 0.6) is 0 Å². The van der Waals surface area contributed by atoms with E-state index in [1.807, 2.05) is 37.8 Å². The van der Waals surface area contributed by atoms with Gasteiger partial charge in [-0.25, -0.2) is 4.98 Å². The number of nitrogens with zero attached hydrogens (tertiary/aromatic N) is 3. The van der Waals surface area contributed by atoms with Crippen molar-refractivity contribution >= 4 is 17.8 Å². The van der Waals surface area contributed by atoms with E-state index in [0.29, 0.717) is 31.1 Å². The summed E-state index contributed by atoms with van der Waals surface area (Å²) in [4.78, 5) is 49.7. The maximum absolute atomic E-state index is 13.3. The van der Waals surface area contributed by atoms with Gasteiger partial charge in [-0.05, 0) is 40.5 Å². The van der Waals surface area contributed by atoms with Gasteiger partial charge >= 0.3 is 0 Å². The molecule has 1 aromatic heterocycles. The Morgan fingerprint density at radius 1 is 1.28 bits per heavy atom. The zero-order valence-electron chi connectivity index (χ0n) is 19.1. The minimum absolute atomic E-state index is 0.0200. The molecule has 32 heavy (non-hydrogen) atoms. The van der Waals surface area contributed by atoms with Crippen molar-refractivity contribution in [1.29, 1.82) is 0 Å². The molecular formula is C23H31N5O4. The van der Waals surface area contributed by atoms with Crippen LogP contribution in [0.3, 0.4) is 0 Å². The summed E-state index contributed by atoms with van der Waals surface area (Å²) >= 11 is 0. The van der Waals surface area contributed by atoms with Crippen molar-refractivity contribution in [2.75, 3.05) is 24.5 Å². The van der Waals surface area contributed by atoms with Crippen LogP contribution in [0.15, 0.2) is 16.9 Å². The van der Waals surface area contributed by atoms with Crippen molar-refractivity contribution in [3.05, 3.63) is 33.8 Å². The lowest BCUT2D eigenvalue weighted by Gasteiger charge is -2.34. The number of ether oxygens (including phenoxy) is 1. The maximum atomic E-state index is 13.3. The molecule has 9 nitrogen and oxygen atoms in total. The molecule has 4 unspecified atom stereocenters. The minimum atomic E-state index is -0.655. The molecule has 0 aromatic carbocycles. The first-order valence-corrected chi connectivity index (χ1v) is 11.5. The van der Waals surface area contributed by atoms with Crippen LogP contribution >= 0.6 is 0 Å². The molecule has 4 aliphatic heterocycles. The molecule has 4 aliphatic rings. The third kappa shape index (κ3) is 3.17. The highest BCUT2D eigenvalue weighted by atomic mass is 16.5. The number of hydrogen-bond acceptors (Lipinski definition) is 6. The van der Waals surface area contributed by atoms with E-state index in [9.17, 15) is 14.4 Å². The van der Waals surface area contributed by atoms with Gasteiger partial charge in [0.05, 0.1) is 24.5 Å². The molecule has 1 spiro atoms. The number of aromatic amines is 1. The number of aryl methyl sites for hydroxylation is 1. The van der Waals surface area contributed by atoms with E-state index in [1.165, 1.54) is 0 Å². The van der Waals surface area contributed by atoms with E-state index in [1.54, 1.807) is 6.92 Å². The average Bonchev–Trinajstić information content (AvgIpc) is 3.40. The Balaban J connectivity index is 1.24. The van der Waals surface area contributed by atoms with Gasteiger partial charge in [0.15, 0.2) is 0 Å². The molecule has 3 fully saturated rings. The van der Waals surface area contributed by atoms with E-state index in [-0.39, 0.29) is 35.6 Å². The maximum Gasteiger partial charge on any atom is 0.255 e. The summed E-state index contributed by atoms with van der Waals surface area (Å²) in [7, 11) is 0. The summed E-state index contributed by atoms with van der Waals surface area (Å²) < 4.78 is 6.18. The number of aromatic nitrogens is 2. The van der Waals surface area contributed by atoms with Gasteiger partial charge in [-0.3, -0.25) is 19.4 Å². The van der Waals surface area contributed by atoms with Crippen LogP contribution in [-0.4, -0.2) is 70.1 Å². The molecular weight excluding hydrogens is 410 g/mol. The SMILES string of the molecule is Cc1nc(N2CCC(NC(=O)C3C4C=CC5(CN(C(C)C)C(=O)C35)O4)CC2)[nH]c(=O)c1C. The molecule has 0 saturated carbocycles. The Kier molecular flexibility index (Phi) is 4.92. The molecule has 3 saturated heterocycles. The smallest absolute Gasteiger partial charge is 0.255 e.